The lowest BCUT2D eigenvalue weighted by Gasteiger charge is -2.33. The quantitative estimate of drug-likeness (QED) is 0.623. The Bertz CT molecular complexity index is 837. The van der Waals surface area contributed by atoms with E-state index in [-0.39, 0.29) is 24.8 Å². The molecule has 142 valence electrons. The number of fused-ring (bicyclic) bond motifs is 1. The number of benzene rings is 1. The van der Waals surface area contributed by atoms with Crippen LogP contribution in [0.2, 0.25) is 0 Å². The number of imide groups is 2. The summed E-state index contributed by atoms with van der Waals surface area (Å²) in [4.78, 5) is 49.8. The fourth-order valence-electron chi connectivity index (χ4n) is 3.88. The molecular weight excluding hydrogens is 348 g/mol. The van der Waals surface area contributed by atoms with E-state index < -0.39 is 23.8 Å². The van der Waals surface area contributed by atoms with Gasteiger partial charge >= 0.3 is 0 Å². The van der Waals surface area contributed by atoms with E-state index in [9.17, 15) is 19.2 Å². The second kappa shape index (κ2) is 6.86. The fourth-order valence-corrected chi connectivity index (χ4v) is 3.88. The first kappa shape index (κ1) is 17.8. The van der Waals surface area contributed by atoms with E-state index in [1.54, 1.807) is 12.1 Å². The van der Waals surface area contributed by atoms with Crippen molar-refractivity contribution in [3.05, 3.63) is 34.9 Å². The van der Waals surface area contributed by atoms with Crippen LogP contribution in [0.25, 0.3) is 0 Å². The number of hydrogen-bond donors (Lipinski definition) is 3. The van der Waals surface area contributed by atoms with Gasteiger partial charge in [0, 0.05) is 19.0 Å². The molecule has 3 aliphatic rings. The second-order valence-corrected chi connectivity index (χ2v) is 7.46. The summed E-state index contributed by atoms with van der Waals surface area (Å²) in [5.41, 5.74) is 7.44. The molecule has 2 heterocycles. The number of carbonyl (C=O) groups is 4. The number of nitrogens with one attached hydrogen (secondary N) is 2. The molecule has 1 aromatic rings. The normalized spacial score (nSPS) is 27.4. The number of carbonyl (C=O) groups excluding carboxylic acids is 4. The van der Waals surface area contributed by atoms with Crippen LogP contribution < -0.4 is 16.4 Å². The summed E-state index contributed by atoms with van der Waals surface area (Å²) in [6.07, 6.45) is 2.47. The molecule has 2 fully saturated rings. The monoisotopic (exact) mass is 370 g/mol. The predicted octanol–water partition coefficient (Wildman–Crippen LogP) is -0.0853. The van der Waals surface area contributed by atoms with Gasteiger partial charge in [-0.1, -0.05) is 6.07 Å². The van der Waals surface area contributed by atoms with Gasteiger partial charge in [-0.05, 0) is 49.4 Å². The fraction of sp³-hybridized carbons (Fsp3) is 0.474. The average Bonchev–Trinajstić information content (AvgIpc) is 2.88. The van der Waals surface area contributed by atoms with Gasteiger partial charge in [-0.15, -0.1) is 0 Å². The van der Waals surface area contributed by atoms with Gasteiger partial charge in [0.05, 0.1) is 11.1 Å². The summed E-state index contributed by atoms with van der Waals surface area (Å²) < 4.78 is 0. The van der Waals surface area contributed by atoms with E-state index in [0.717, 1.165) is 29.8 Å². The largest absolute Gasteiger partial charge is 0.327 e. The Morgan fingerprint density at radius 2 is 1.85 bits per heavy atom. The first-order valence-corrected chi connectivity index (χ1v) is 9.26. The lowest BCUT2D eigenvalue weighted by atomic mass is 9.80. The van der Waals surface area contributed by atoms with E-state index in [2.05, 4.69) is 10.6 Å². The number of nitrogens with two attached hydrogens (primary N) is 1. The Morgan fingerprint density at radius 1 is 1.07 bits per heavy atom. The van der Waals surface area contributed by atoms with Crippen LogP contribution in [-0.4, -0.2) is 47.2 Å². The standard InChI is InChI=1S/C19H22N4O4/c20-14-4-2-11(14)9-21-8-10-1-3-12-13(7-10)19(27)23(18(12)26)15-5-6-16(24)22-17(15)25/h1,3,7,11,14-15,21H,2,4-6,8-9,20H2,(H,22,24,25)/t11-,14-,15?/m1/s1. The highest BCUT2D eigenvalue weighted by atomic mass is 16.2. The first-order chi connectivity index (χ1) is 13.0. The molecule has 0 spiro atoms. The molecule has 8 nitrogen and oxygen atoms in total. The van der Waals surface area contributed by atoms with Crippen LogP contribution >= 0.6 is 0 Å². The maximum Gasteiger partial charge on any atom is 0.262 e. The smallest absolute Gasteiger partial charge is 0.262 e. The zero-order valence-electron chi connectivity index (χ0n) is 14.9. The Kier molecular flexibility index (Phi) is 4.53. The van der Waals surface area contributed by atoms with Crippen LogP contribution in [-0.2, 0) is 16.1 Å². The molecule has 4 amide bonds. The Morgan fingerprint density at radius 3 is 2.52 bits per heavy atom. The molecule has 2 aliphatic heterocycles. The maximum absolute atomic E-state index is 12.8. The third kappa shape index (κ3) is 3.15. The average molecular weight is 370 g/mol. The Labute approximate surface area is 156 Å². The highest BCUT2D eigenvalue weighted by molar-refractivity contribution is 6.23. The first-order valence-electron chi connectivity index (χ1n) is 9.26. The second-order valence-electron chi connectivity index (χ2n) is 7.46. The number of nitrogens with zero attached hydrogens (tertiary/aromatic N) is 1. The minimum Gasteiger partial charge on any atom is -0.327 e. The third-order valence-electron chi connectivity index (χ3n) is 5.72. The molecule has 4 N–H and O–H groups in total. The summed E-state index contributed by atoms with van der Waals surface area (Å²) in [5, 5.41) is 5.54. The Balaban J connectivity index is 1.46. The molecular formula is C19H22N4O4. The molecule has 1 unspecified atom stereocenters. The van der Waals surface area contributed by atoms with Gasteiger partial charge in [-0.25, -0.2) is 0 Å². The van der Waals surface area contributed by atoms with Crippen LogP contribution in [0.3, 0.4) is 0 Å². The van der Waals surface area contributed by atoms with E-state index >= 15 is 0 Å². The lowest BCUT2D eigenvalue weighted by molar-refractivity contribution is -0.136. The molecule has 1 saturated carbocycles. The number of piperidine rings is 1. The molecule has 1 saturated heterocycles. The van der Waals surface area contributed by atoms with Crippen LogP contribution in [0, 0.1) is 5.92 Å². The SMILES string of the molecule is N[C@@H]1CC[C@@H]1CNCc1ccc2c(c1)C(=O)N(C1CCC(=O)NC1=O)C2=O. The van der Waals surface area contributed by atoms with E-state index in [1.807, 2.05) is 6.07 Å². The van der Waals surface area contributed by atoms with Gasteiger partial charge in [0.2, 0.25) is 11.8 Å². The Hall–Kier alpha value is -2.58. The van der Waals surface area contributed by atoms with Crippen molar-refractivity contribution >= 4 is 23.6 Å². The van der Waals surface area contributed by atoms with Gasteiger partial charge < -0.3 is 11.1 Å². The number of hydrogen-bond acceptors (Lipinski definition) is 6. The van der Waals surface area contributed by atoms with Crippen molar-refractivity contribution in [1.29, 1.82) is 0 Å². The van der Waals surface area contributed by atoms with Gasteiger partial charge in [-0.3, -0.25) is 29.4 Å². The molecule has 0 bridgehead atoms. The molecule has 0 aromatic heterocycles. The molecule has 8 heteroatoms. The van der Waals surface area contributed by atoms with Crippen molar-refractivity contribution in [3.8, 4) is 0 Å². The third-order valence-corrected chi connectivity index (χ3v) is 5.72. The van der Waals surface area contributed by atoms with Crippen LogP contribution in [0.15, 0.2) is 18.2 Å². The number of rotatable bonds is 5. The van der Waals surface area contributed by atoms with E-state index in [4.69, 9.17) is 5.73 Å². The predicted molar refractivity (Wildman–Crippen MR) is 95.5 cm³/mol. The van der Waals surface area contributed by atoms with Crippen LogP contribution in [0.5, 0.6) is 0 Å². The van der Waals surface area contributed by atoms with Crippen molar-refractivity contribution in [2.75, 3.05) is 6.54 Å². The molecule has 1 aliphatic carbocycles. The highest BCUT2D eigenvalue weighted by Gasteiger charge is 2.44. The minimum absolute atomic E-state index is 0.113. The van der Waals surface area contributed by atoms with Gasteiger partial charge in [0.25, 0.3) is 11.8 Å². The zero-order chi connectivity index (χ0) is 19.1. The maximum atomic E-state index is 12.8. The summed E-state index contributed by atoms with van der Waals surface area (Å²) in [6.45, 7) is 1.41. The summed E-state index contributed by atoms with van der Waals surface area (Å²) in [7, 11) is 0. The van der Waals surface area contributed by atoms with E-state index in [0.29, 0.717) is 23.6 Å². The lowest BCUT2D eigenvalue weighted by Crippen LogP contribution is -2.54. The molecule has 3 atom stereocenters. The molecule has 1 aromatic carbocycles. The summed E-state index contributed by atoms with van der Waals surface area (Å²) in [5.74, 6) is -1.45. The minimum atomic E-state index is -0.934. The van der Waals surface area contributed by atoms with Crippen molar-refractivity contribution in [2.45, 2.75) is 44.3 Å². The van der Waals surface area contributed by atoms with Crippen LogP contribution in [0.4, 0.5) is 0 Å². The summed E-state index contributed by atoms with van der Waals surface area (Å²) >= 11 is 0. The van der Waals surface area contributed by atoms with Crippen molar-refractivity contribution in [2.24, 2.45) is 11.7 Å². The molecule has 0 radical (unpaired) electrons. The summed E-state index contributed by atoms with van der Waals surface area (Å²) in [6, 6.07) is 4.48. The van der Waals surface area contributed by atoms with Crippen molar-refractivity contribution < 1.29 is 19.2 Å². The van der Waals surface area contributed by atoms with Gasteiger partial charge in [-0.2, -0.15) is 0 Å². The van der Waals surface area contributed by atoms with Gasteiger partial charge in [0.15, 0.2) is 0 Å². The van der Waals surface area contributed by atoms with Crippen molar-refractivity contribution in [1.82, 2.24) is 15.5 Å². The molecule has 27 heavy (non-hydrogen) atoms. The van der Waals surface area contributed by atoms with Crippen LogP contribution in [0.1, 0.15) is 52.0 Å². The molecule has 4 rings (SSSR count). The highest BCUT2D eigenvalue weighted by Crippen LogP contribution is 2.28. The number of amides is 4. The topological polar surface area (TPSA) is 122 Å². The zero-order valence-corrected chi connectivity index (χ0v) is 14.9. The van der Waals surface area contributed by atoms with Crippen molar-refractivity contribution in [3.63, 3.8) is 0 Å². The van der Waals surface area contributed by atoms with E-state index in [1.165, 1.54) is 0 Å². The van der Waals surface area contributed by atoms with Gasteiger partial charge in [0.1, 0.15) is 6.04 Å².